The first kappa shape index (κ1) is 24.6. The highest BCUT2D eigenvalue weighted by atomic mass is 35.5. The lowest BCUT2D eigenvalue weighted by Gasteiger charge is -2.24. The molecule has 6 nitrogen and oxygen atoms in total. The molecule has 0 aromatic heterocycles. The molecular formula is C25H27ClN2O4S. The van der Waals surface area contributed by atoms with E-state index < -0.39 is 15.9 Å². The van der Waals surface area contributed by atoms with Gasteiger partial charge in [0, 0.05) is 0 Å². The summed E-state index contributed by atoms with van der Waals surface area (Å²) in [6, 6.07) is 22.3. The zero-order chi connectivity index (χ0) is 23.8. The second-order valence-corrected chi connectivity index (χ2v) is 9.97. The highest BCUT2D eigenvalue weighted by Crippen LogP contribution is 2.26. The quantitative estimate of drug-likeness (QED) is 0.415. The second kappa shape index (κ2) is 11.2. The standard InChI is InChI=1S/C25H27ClN2O4S/c1-19(2)20-12-14-21(15-13-20)28(33(30,31)22-8-4-3-5-9-22)18-25(29)27-16-17-32-24-11-7-6-10-23(24)26/h3-15,19H,16-18H2,1-2H3,(H,27,29). The first-order valence-electron chi connectivity index (χ1n) is 10.6. The summed E-state index contributed by atoms with van der Waals surface area (Å²) >= 11 is 6.06. The van der Waals surface area contributed by atoms with Crippen LogP contribution in [0.2, 0.25) is 5.02 Å². The zero-order valence-corrected chi connectivity index (χ0v) is 20.1. The van der Waals surface area contributed by atoms with Crippen molar-refractivity contribution >= 4 is 33.2 Å². The van der Waals surface area contributed by atoms with Gasteiger partial charge in [0.05, 0.1) is 22.2 Å². The minimum absolute atomic E-state index is 0.118. The summed E-state index contributed by atoms with van der Waals surface area (Å²) in [5.41, 5.74) is 1.50. The third kappa shape index (κ3) is 6.49. The fourth-order valence-corrected chi connectivity index (χ4v) is 4.79. The molecule has 3 aromatic rings. The molecule has 1 amide bonds. The van der Waals surface area contributed by atoms with Gasteiger partial charge in [0.15, 0.2) is 0 Å². The Kier molecular flexibility index (Phi) is 8.36. The molecular weight excluding hydrogens is 460 g/mol. The van der Waals surface area contributed by atoms with E-state index in [1.807, 2.05) is 12.1 Å². The summed E-state index contributed by atoms with van der Waals surface area (Å²) in [6.45, 7) is 4.17. The molecule has 0 aliphatic carbocycles. The topological polar surface area (TPSA) is 75.7 Å². The fraction of sp³-hybridized carbons (Fsp3) is 0.240. The number of benzene rings is 3. The van der Waals surface area contributed by atoms with Crippen LogP contribution in [-0.2, 0) is 14.8 Å². The van der Waals surface area contributed by atoms with E-state index in [1.165, 1.54) is 12.1 Å². The molecule has 0 unspecified atom stereocenters. The van der Waals surface area contributed by atoms with Crippen LogP contribution in [0.25, 0.3) is 0 Å². The summed E-state index contributed by atoms with van der Waals surface area (Å²) in [5.74, 6) is 0.386. The predicted octanol–water partition coefficient (Wildman–Crippen LogP) is 4.85. The second-order valence-electron chi connectivity index (χ2n) is 7.70. The normalized spacial score (nSPS) is 11.3. The van der Waals surface area contributed by atoms with Gasteiger partial charge in [-0.2, -0.15) is 0 Å². The first-order chi connectivity index (χ1) is 15.8. The molecule has 1 N–H and O–H groups in total. The molecule has 8 heteroatoms. The molecule has 0 saturated heterocycles. The predicted molar refractivity (Wildman–Crippen MR) is 131 cm³/mol. The number of rotatable bonds is 10. The summed E-state index contributed by atoms with van der Waals surface area (Å²) < 4.78 is 33.4. The third-order valence-electron chi connectivity index (χ3n) is 4.98. The Balaban J connectivity index is 1.72. The molecule has 0 fully saturated rings. The van der Waals surface area contributed by atoms with Gasteiger partial charge >= 0.3 is 0 Å². The van der Waals surface area contributed by atoms with Crippen molar-refractivity contribution < 1.29 is 17.9 Å². The SMILES string of the molecule is CC(C)c1ccc(N(CC(=O)NCCOc2ccccc2Cl)S(=O)(=O)c2ccccc2)cc1. The van der Waals surface area contributed by atoms with Crippen LogP contribution in [0.1, 0.15) is 25.3 Å². The van der Waals surface area contributed by atoms with Crippen molar-refractivity contribution in [1.82, 2.24) is 5.32 Å². The summed E-state index contributed by atoms with van der Waals surface area (Å²) in [5, 5.41) is 3.19. The Morgan fingerprint density at radius 2 is 1.61 bits per heavy atom. The van der Waals surface area contributed by atoms with Crippen LogP contribution < -0.4 is 14.4 Å². The number of nitrogens with one attached hydrogen (secondary N) is 1. The molecule has 0 radical (unpaired) electrons. The van der Waals surface area contributed by atoms with Crippen molar-refractivity contribution in [1.29, 1.82) is 0 Å². The number of anilines is 1. The number of hydrogen-bond acceptors (Lipinski definition) is 4. The van der Waals surface area contributed by atoms with Crippen LogP contribution in [0, 0.1) is 0 Å². The summed E-state index contributed by atoms with van der Waals surface area (Å²) in [6.07, 6.45) is 0. The number of para-hydroxylation sites is 1. The number of nitrogens with zero attached hydrogens (tertiary/aromatic N) is 1. The number of halogens is 1. The Morgan fingerprint density at radius 3 is 2.24 bits per heavy atom. The highest BCUT2D eigenvalue weighted by molar-refractivity contribution is 7.92. The lowest BCUT2D eigenvalue weighted by atomic mass is 10.0. The number of hydrogen-bond donors (Lipinski definition) is 1. The maximum Gasteiger partial charge on any atom is 0.264 e. The molecule has 0 aliphatic heterocycles. The molecule has 174 valence electrons. The molecule has 0 saturated carbocycles. The van der Waals surface area contributed by atoms with Gasteiger partial charge in [-0.15, -0.1) is 0 Å². The maximum atomic E-state index is 13.3. The van der Waals surface area contributed by atoms with Crippen molar-refractivity contribution in [3.63, 3.8) is 0 Å². The zero-order valence-electron chi connectivity index (χ0n) is 18.6. The monoisotopic (exact) mass is 486 g/mol. The maximum absolute atomic E-state index is 13.3. The highest BCUT2D eigenvalue weighted by Gasteiger charge is 2.27. The Morgan fingerprint density at radius 1 is 0.970 bits per heavy atom. The third-order valence-corrected chi connectivity index (χ3v) is 7.08. The average Bonchev–Trinajstić information content (AvgIpc) is 2.82. The molecule has 3 aromatic carbocycles. The molecule has 0 heterocycles. The van der Waals surface area contributed by atoms with E-state index in [1.54, 1.807) is 54.6 Å². The van der Waals surface area contributed by atoms with Gasteiger partial charge in [-0.1, -0.05) is 67.9 Å². The minimum Gasteiger partial charge on any atom is -0.490 e. The number of amides is 1. The number of carbonyl (C=O) groups is 1. The smallest absolute Gasteiger partial charge is 0.264 e. The summed E-state index contributed by atoms with van der Waals surface area (Å²) in [4.78, 5) is 12.8. The molecule has 0 aliphatic rings. The van der Waals surface area contributed by atoms with E-state index >= 15 is 0 Å². The minimum atomic E-state index is -3.94. The van der Waals surface area contributed by atoms with Crippen LogP contribution in [-0.4, -0.2) is 34.0 Å². The van der Waals surface area contributed by atoms with E-state index in [9.17, 15) is 13.2 Å². The van der Waals surface area contributed by atoms with Crippen LogP contribution in [0.15, 0.2) is 83.8 Å². The van der Waals surface area contributed by atoms with Gasteiger partial charge in [-0.05, 0) is 47.9 Å². The van der Waals surface area contributed by atoms with Gasteiger partial charge in [0.1, 0.15) is 18.9 Å². The van der Waals surface area contributed by atoms with Crippen molar-refractivity contribution in [3.05, 3.63) is 89.4 Å². The van der Waals surface area contributed by atoms with E-state index in [2.05, 4.69) is 19.2 Å². The van der Waals surface area contributed by atoms with Crippen molar-refractivity contribution in [2.24, 2.45) is 0 Å². The molecule has 33 heavy (non-hydrogen) atoms. The van der Waals surface area contributed by atoms with Crippen molar-refractivity contribution in [3.8, 4) is 5.75 Å². The van der Waals surface area contributed by atoms with E-state index in [4.69, 9.17) is 16.3 Å². The van der Waals surface area contributed by atoms with Crippen LogP contribution in [0.3, 0.4) is 0 Å². The van der Waals surface area contributed by atoms with Crippen molar-refractivity contribution in [2.75, 3.05) is 24.0 Å². The van der Waals surface area contributed by atoms with Gasteiger partial charge in [0.2, 0.25) is 5.91 Å². The Hall–Kier alpha value is -3.03. The number of sulfonamides is 1. The fourth-order valence-electron chi connectivity index (χ4n) is 3.16. The van der Waals surface area contributed by atoms with Crippen LogP contribution in [0.4, 0.5) is 5.69 Å². The molecule has 3 rings (SSSR count). The van der Waals surface area contributed by atoms with Gasteiger partial charge in [0.25, 0.3) is 10.0 Å². The lowest BCUT2D eigenvalue weighted by molar-refractivity contribution is -0.119. The lowest BCUT2D eigenvalue weighted by Crippen LogP contribution is -2.41. The first-order valence-corrected chi connectivity index (χ1v) is 12.4. The molecule has 0 bridgehead atoms. The molecule has 0 spiro atoms. The van der Waals surface area contributed by atoms with Gasteiger partial charge in [-0.3, -0.25) is 9.10 Å². The van der Waals surface area contributed by atoms with Crippen LogP contribution in [0.5, 0.6) is 5.75 Å². The van der Waals surface area contributed by atoms with E-state index in [-0.39, 0.29) is 24.6 Å². The van der Waals surface area contributed by atoms with Gasteiger partial charge < -0.3 is 10.1 Å². The molecule has 0 atom stereocenters. The van der Waals surface area contributed by atoms with Crippen LogP contribution >= 0.6 is 11.6 Å². The average molecular weight is 487 g/mol. The summed E-state index contributed by atoms with van der Waals surface area (Å²) in [7, 11) is -3.94. The Bertz CT molecular complexity index is 1170. The Labute approximate surface area is 200 Å². The van der Waals surface area contributed by atoms with Gasteiger partial charge in [-0.25, -0.2) is 8.42 Å². The van der Waals surface area contributed by atoms with E-state index in [0.29, 0.717) is 22.4 Å². The number of ether oxygens (including phenoxy) is 1. The van der Waals surface area contributed by atoms with Crippen molar-refractivity contribution in [2.45, 2.75) is 24.7 Å². The van der Waals surface area contributed by atoms with E-state index in [0.717, 1.165) is 9.87 Å². The number of carbonyl (C=O) groups excluding carboxylic acids is 1. The largest absolute Gasteiger partial charge is 0.490 e.